The molecule has 1 aliphatic rings. The number of carbonyl (C=O) groups excluding carboxylic acids is 1. The number of hydrogen-bond donors (Lipinski definition) is 1. The summed E-state index contributed by atoms with van der Waals surface area (Å²) >= 11 is 0. The Labute approximate surface area is 126 Å². The summed E-state index contributed by atoms with van der Waals surface area (Å²) in [4.78, 5) is 18.0. The average Bonchev–Trinajstić information content (AvgIpc) is 2.92. The lowest BCUT2D eigenvalue weighted by Crippen LogP contribution is -2.38. The van der Waals surface area contributed by atoms with Crippen molar-refractivity contribution in [2.75, 3.05) is 19.6 Å². The van der Waals surface area contributed by atoms with Gasteiger partial charge in [-0.2, -0.15) is 0 Å². The van der Waals surface area contributed by atoms with Gasteiger partial charge in [-0.3, -0.25) is 9.69 Å². The van der Waals surface area contributed by atoms with Gasteiger partial charge in [0.1, 0.15) is 0 Å². The smallest absolute Gasteiger partial charge is 0.178 e. The van der Waals surface area contributed by atoms with Crippen molar-refractivity contribution in [2.45, 2.75) is 26.7 Å². The van der Waals surface area contributed by atoms with E-state index in [9.17, 15) is 4.79 Å². The molecule has 2 aromatic rings. The summed E-state index contributed by atoms with van der Waals surface area (Å²) < 4.78 is 0. The zero-order valence-electron chi connectivity index (χ0n) is 12.9. The standard InChI is InChI=1S/C18H24N2O/c1-13(2)14-7-9-20(10-8-14)12-18(21)16-11-19-17-6-4-3-5-15(16)17/h3-6,11,13-14,19H,7-10,12H2,1-2H3. The molecule has 3 nitrogen and oxygen atoms in total. The van der Waals surface area contributed by atoms with Gasteiger partial charge in [-0.25, -0.2) is 0 Å². The van der Waals surface area contributed by atoms with Gasteiger partial charge in [0.15, 0.2) is 5.78 Å². The van der Waals surface area contributed by atoms with Crippen molar-refractivity contribution < 1.29 is 4.79 Å². The topological polar surface area (TPSA) is 36.1 Å². The van der Waals surface area contributed by atoms with Crippen LogP contribution in [0.15, 0.2) is 30.5 Å². The Kier molecular flexibility index (Phi) is 4.11. The second-order valence-electron chi connectivity index (χ2n) is 6.53. The van der Waals surface area contributed by atoms with Gasteiger partial charge in [-0.05, 0) is 43.8 Å². The number of para-hydroxylation sites is 1. The summed E-state index contributed by atoms with van der Waals surface area (Å²) in [6.07, 6.45) is 4.30. The van der Waals surface area contributed by atoms with E-state index >= 15 is 0 Å². The maximum atomic E-state index is 12.5. The maximum absolute atomic E-state index is 12.5. The molecule has 21 heavy (non-hydrogen) atoms. The number of aromatic amines is 1. The number of ketones is 1. The van der Waals surface area contributed by atoms with Gasteiger partial charge in [0, 0.05) is 22.7 Å². The van der Waals surface area contributed by atoms with Gasteiger partial charge >= 0.3 is 0 Å². The average molecular weight is 284 g/mol. The summed E-state index contributed by atoms with van der Waals surface area (Å²) in [7, 11) is 0. The molecule has 112 valence electrons. The van der Waals surface area contributed by atoms with Crippen molar-refractivity contribution in [3.63, 3.8) is 0 Å². The minimum atomic E-state index is 0.232. The molecule has 1 saturated heterocycles. The predicted octanol–water partition coefficient (Wildman–Crippen LogP) is 3.72. The van der Waals surface area contributed by atoms with Crippen molar-refractivity contribution in [1.82, 2.24) is 9.88 Å². The number of piperidine rings is 1. The van der Waals surface area contributed by atoms with E-state index in [1.54, 1.807) is 0 Å². The van der Waals surface area contributed by atoms with Gasteiger partial charge in [0.05, 0.1) is 6.54 Å². The van der Waals surface area contributed by atoms with Crippen molar-refractivity contribution in [3.05, 3.63) is 36.0 Å². The zero-order valence-corrected chi connectivity index (χ0v) is 12.9. The number of carbonyl (C=O) groups is 1. The molecular weight excluding hydrogens is 260 g/mol. The molecule has 1 N–H and O–H groups in total. The fourth-order valence-corrected chi connectivity index (χ4v) is 3.37. The molecular formula is C18H24N2O. The van der Waals surface area contributed by atoms with Crippen LogP contribution < -0.4 is 0 Å². The van der Waals surface area contributed by atoms with E-state index in [0.29, 0.717) is 6.54 Å². The van der Waals surface area contributed by atoms with Crippen LogP contribution >= 0.6 is 0 Å². The first kappa shape index (κ1) is 14.3. The summed E-state index contributed by atoms with van der Waals surface area (Å²) in [5, 5.41) is 1.04. The molecule has 0 amide bonds. The van der Waals surface area contributed by atoms with E-state index < -0.39 is 0 Å². The molecule has 1 fully saturated rings. The van der Waals surface area contributed by atoms with Crippen LogP contribution in [-0.4, -0.2) is 35.3 Å². The molecule has 0 spiro atoms. The monoisotopic (exact) mass is 284 g/mol. The highest BCUT2D eigenvalue weighted by Crippen LogP contribution is 2.25. The van der Waals surface area contributed by atoms with Gasteiger partial charge in [-0.1, -0.05) is 32.0 Å². The number of nitrogens with one attached hydrogen (secondary N) is 1. The first-order valence-corrected chi connectivity index (χ1v) is 7.97. The number of H-pyrrole nitrogens is 1. The van der Waals surface area contributed by atoms with E-state index in [-0.39, 0.29) is 5.78 Å². The highest BCUT2D eigenvalue weighted by Gasteiger charge is 2.23. The van der Waals surface area contributed by atoms with Gasteiger partial charge < -0.3 is 4.98 Å². The second-order valence-corrected chi connectivity index (χ2v) is 6.53. The Morgan fingerprint density at radius 1 is 1.29 bits per heavy atom. The summed E-state index contributed by atoms with van der Waals surface area (Å²) in [5.41, 5.74) is 1.87. The Hall–Kier alpha value is -1.61. The van der Waals surface area contributed by atoms with Crippen molar-refractivity contribution >= 4 is 16.7 Å². The van der Waals surface area contributed by atoms with Crippen LogP contribution in [0, 0.1) is 11.8 Å². The normalized spacial score (nSPS) is 17.7. The lowest BCUT2D eigenvalue weighted by Gasteiger charge is -2.33. The van der Waals surface area contributed by atoms with Crippen LogP contribution in [-0.2, 0) is 0 Å². The highest BCUT2D eigenvalue weighted by molar-refractivity contribution is 6.08. The fraction of sp³-hybridized carbons (Fsp3) is 0.500. The zero-order chi connectivity index (χ0) is 14.8. The number of benzene rings is 1. The third kappa shape index (κ3) is 3.03. The van der Waals surface area contributed by atoms with Crippen molar-refractivity contribution in [2.24, 2.45) is 11.8 Å². The molecule has 1 aromatic carbocycles. The van der Waals surface area contributed by atoms with E-state index in [2.05, 4.69) is 23.7 Å². The van der Waals surface area contributed by atoms with Crippen LogP contribution in [0.3, 0.4) is 0 Å². The van der Waals surface area contributed by atoms with Gasteiger partial charge in [0.2, 0.25) is 0 Å². The maximum Gasteiger partial charge on any atom is 0.178 e. The molecule has 0 unspecified atom stereocenters. The largest absolute Gasteiger partial charge is 0.360 e. The quantitative estimate of drug-likeness (QED) is 0.869. The van der Waals surface area contributed by atoms with Crippen LogP contribution in [0.4, 0.5) is 0 Å². The minimum absolute atomic E-state index is 0.232. The number of likely N-dealkylation sites (tertiary alicyclic amines) is 1. The molecule has 0 saturated carbocycles. The molecule has 0 bridgehead atoms. The van der Waals surface area contributed by atoms with E-state index in [4.69, 9.17) is 0 Å². The molecule has 0 aliphatic carbocycles. The Bertz CT molecular complexity index is 621. The lowest BCUT2D eigenvalue weighted by molar-refractivity contribution is 0.0881. The molecule has 1 aliphatic heterocycles. The number of rotatable bonds is 4. The summed E-state index contributed by atoms with van der Waals surface area (Å²) in [6, 6.07) is 8.01. The summed E-state index contributed by atoms with van der Waals surface area (Å²) in [6.45, 7) is 7.26. The predicted molar refractivity (Wildman–Crippen MR) is 86.6 cm³/mol. The fourth-order valence-electron chi connectivity index (χ4n) is 3.37. The lowest BCUT2D eigenvalue weighted by atomic mass is 9.86. The van der Waals surface area contributed by atoms with Gasteiger partial charge in [0.25, 0.3) is 0 Å². The molecule has 1 aromatic heterocycles. The van der Waals surface area contributed by atoms with Crippen LogP contribution in [0.1, 0.15) is 37.0 Å². The second kappa shape index (κ2) is 6.02. The number of aromatic nitrogens is 1. The summed E-state index contributed by atoms with van der Waals surface area (Å²) in [5.74, 6) is 1.82. The Morgan fingerprint density at radius 2 is 2.00 bits per heavy atom. The third-order valence-electron chi connectivity index (χ3n) is 4.83. The first-order chi connectivity index (χ1) is 10.1. The van der Waals surface area contributed by atoms with Crippen LogP contribution in [0.25, 0.3) is 10.9 Å². The first-order valence-electron chi connectivity index (χ1n) is 7.97. The number of Topliss-reactive ketones (excluding diaryl/α,β-unsaturated/α-hetero) is 1. The van der Waals surface area contributed by atoms with Crippen LogP contribution in [0.5, 0.6) is 0 Å². The molecule has 0 radical (unpaired) electrons. The molecule has 3 rings (SSSR count). The highest BCUT2D eigenvalue weighted by atomic mass is 16.1. The molecule has 2 heterocycles. The Balaban J connectivity index is 1.65. The van der Waals surface area contributed by atoms with Crippen molar-refractivity contribution in [3.8, 4) is 0 Å². The Morgan fingerprint density at radius 3 is 2.71 bits per heavy atom. The number of fused-ring (bicyclic) bond motifs is 1. The number of nitrogens with zero attached hydrogens (tertiary/aromatic N) is 1. The number of hydrogen-bond acceptors (Lipinski definition) is 2. The minimum Gasteiger partial charge on any atom is -0.360 e. The van der Waals surface area contributed by atoms with Crippen LogP contribution in [0.2, 0.25) is 0 Å². The van der Waals surface area contributed by atoms with Crippen molar-refractivity contribution in [1.29, 1.82) is 0 Å². The van der Waals surface area contributed by atoms with E-state index in [1.807, 2.05) is 30.5 Å². The molecule has 3 heteroatoms. The van der Waals surface area contributed by atoms with E-state index in [0.717, 1.165) is 41.4 Å². The molecule has 0 atom stereocenters. The van der Waals surface area contributed by atoms with Gasteiger partial charge in [-0.15, -0.1) is 0 Å². The van der Waals surface area contributed by atoms with E-state index in [1.165, 1.54) is 12.8 Å². The SMILES string of the molecule is CC(C)C1CCN(CC(=O)c2c[nH]c3ccccc23)CC1. The third-order valence-corrected chi connectivity index (χ3v) is 4.83.